The molecule has 1 aromatic heterocycles. The van der Waals surface area contributed by atoms with Gasteiger partial charge >= 0.3 is 6.01 Å². The van der Waals surface area contributed by atoms with Crippen LogP contribution in [-0.4, -0.2) is 33.6 Å². The summed E-state index contributed by atoms with van der Waals surface area (Å²) in [6.07, 6.45) is 4.16. The molecule has 0 amide bonds. The van der Waals surface area contributed by atoms with Crippen LogP contribution in [0.25, 0.3) is 0 Å². The molecule has 0 spiro atoms. The van der Waals surface area contributed by atoms with Crippen LogP contribution in [-0.2, 0) is 11.5 Å². The molecule has 0 saturated carbocycles. The molecule has 150 valence electrons. The van der Waals surface area contributed by atoms with E-state index in [0.717, 1.165) is 6.92 Å². The fourth-order valence-corrected chi connectivity index (χ4v) is 2.32. The predicted octanol–water partition coefficient (Wildman–Crippen LogP) is 3.57. The molecule has 28 heavy (non-hydrogen) atoms. The number of hydrogen-bond donors (Lipinski definition) is 2. The number of rotatable bonds is 7. The highest BCUT2D eigenvalue weighted by Gasteiger charge is 2.27. The standard InChI is InChI=1S/C18H20ClF2N5O2/c1-17(2,27)11-7-24-16(25-8-11)28-10-13(26-22)9-23-12-4-5-15(19)14(6-12)18(3,20)21/h4-9,27H,10,22H2,1-3H3. The Morgan fingerprint density at radius 1 is 1.29 bits per heavy atom. The molecule has 2 rings (SSSR count). The van der Waals surface area contributed by atoms with Crippen LogP contribution >= 0.6 is 11.6 Å². The Labute approximate surface area is 165 Å². The van der Waals surface area contributed by atoms with Crippen molar-refractivity contribution in [1.29, 1.82) is 0 Å². The Morgan fingerprint density at radius 2 is 1.93 bits per heavy atom. The molecule has 0 aliphatic rings. The summed E-state index contributed by atoms with van der Waals surface area (Å²) in [7, 11) is 0. The van der Waals surface area contributed by atoms with Crippen LogP contribution in [0.3, 0.4) is 0 Å². The zero-order chi connectivity index (χ0) is 20.9. The Hall–Kier alpha value is -2.65. The molecule has 0 saturated heterocycles. The van der Waals surface area contributed by atoms with Crippen LogP contribution in [0.5, 0.6) is 6.01 Å². The van der Waals surface area contributed by atoms with Gasteiger partial charge in [0.25, 0.3) is 5.92 Å². The number of alkyl halides is 2. The van der Waals surface area contributed by atoms with Crippen molar-refractivity contribution in [3.05, 3.63) is 46.7 Å². The molecule has 10 heteroatoms. The number of hydrogen-bond acceptors (Lipinski definition) is 7. The lowest BCUT2D eigenvalue weighted by Gasteiger charge is -2.16. The van der Waals surface area contributed by atoms with Gasteiger partial charge in [-0.2, -0.15) is 5.10 Å². The molecule has 0 aliphatic heterocycles. The number of hydrazone groups is 1. The first-order valence-corrected chi connectivity index (χ1v) is 8.55. The number of benzene rings is 1. The SMILES string of the molecule is CC(C)(O)c1cnc(OCC(C=Nc2ccc(Cl)c(C(C)(F)F)c2)=NN)nc1. The first kappa shape index (κ1) is 21.6. The molecular formula is C18H20ClF2N5O2. The van der Waals surface area contributed by atoms with Gasteiger partial charge < -0.3 is 15.7 Å². The van der Waals surface area contributed by atoms with E-state index in [1.54, 1.807) is 13.8 Å². The maximum Gasteiger partial charge on any atom is 0.316 e. The smallest absolute Gasteiger partial charge is 0.316 e. The van der Waals surface area contributed by atoms with Crippen LogP contribution in [0.15, 0.2) is 40.7 Å². The van der Waals surface area contributed by atoms with Gasteiger partial charge in [0.2, 0.25) is 0 Å². The lowest BCUT2D eigenvalue weighted by atomic mass is 10.0. The van der Waals surface area contributed by atoms with Gasteiger partial charge in [0.15, 0.2) is 0 Å². The Morgan fingerprint density at radius 3 is 2.46 bits per heavy atom. The van der Waals surface area contributed by atoms with Crippen LogP contribution in [0.2, 0.25) is 5.02 Å². The number of aromatic nitrogens is 2. The Kier molecular flexibility index (Phi) is 6.63. The van der Waals surface area contributed by atoms with Crippen molar-refractivity contribution in [2.45, 2.75) is 32.3 Å². The van der Waals surface area contributed by atoms with Gasteiger partial charge in [0.1, 0.15) is 12.3 Å². The highest BCUT2D eigenvalue weighted by Crippen LogP contribution is 2.35. The Bertz CT molecular complexity index is 875. The molecule has 3 N–H and O–H groups in total. The second kappa shape index (κ2) is 8.57. The maximum absolute atomic E-state index is 13.5. The second-order valence-corrected chi connectivity index (χ2v) is 6.94. The molecule has 1 aromatic carbocycles. The average molecular weight is 412 g/mol. The van der Waals surface area contributed by atoms with Crippen molar-refractivity contribution in [3.63, 3.8) is 0 Å². The minimum atomic E-state index is -3.09. The van der Waals surface area contributed by atoms with E-state index in [1.807, 2.05) is 0 Å². The summed E-state index contributed by atoms with van der Waals surface area (Å²) in [6, 6.07) is 4.07. The number of aliphatic imine (C=N–C) groups is 1. The second-order valence-electron chi connectivity index (χ2n) is 6.53. The monoisotopic (exact) mass is 411 g/mol. The minimum absolute atomic E-state index is 0.0471. The maximum atomic E-state index is 13.5. The fourth-order valence-electron chi connectivity index (χ4n) is 2.03. The van der Waals surface area contributed by atoms with E-state index in [-0.39, 0.29) is 34.6 Å². The van der Waals surface area contributed by atoms with E-state index in [2.05, 4.69) is 20.1 Å². The molecule has 0 fully saturated rings. The molecule has 0 radical (unpaired) electrons. The molecule has 0 bridgehead atoms. The summed E-state index contributed by atoms with van der Waals surface area (Å²) in [5.74, 6) is 2.21. The first-order chi connectivity index (χ1) is 13.0. The molecule has 0 unspecified atom stereocenters. The molecule has 7 nitrogen and oxygen atoms in total. The lowest BCUT2D eigenvalue weighted by Crippen LogP contribution is -2.18. The number of halogens is 3. The third kappa shape index (κ3) is 5.93. The van der Waals surface area contributed by atoms with Crippen molar-refractivity contribution >= 4 is 29.2 Å². The average Bonchev–Trinajstić information content (AvgIpc) is 2.61. The quantitative estimate of drug-likeness (QED) is 0.411. The lowest BCUT2D eigenvalue weighted by molar-refractivity contribution is 0.0176. The topological polar surface area (TPSA) is 106 Å². The molecule has 2 aromatic rings. The van der Waals surface area contributed by atoms with Crippen molar-refractivity contribution in [2.75, 3.05) is 6.61 Å². The predicted molar refractivity (Wildman–Crippen MR) is 104 cm³/mol. The Balaban J connectivity index is 2.05. The van der Waals surface area contributed by atoms with Crippen molar-refractivity contribution in [2.24, 2.45) is 15.9 Å². The zero-order valence-electron chi connectivity index (χ0n) is 15.5. The van der Waals surface area contributed by atoms with Crippen LogP contribution in [0.1, 0.15) is 31.9 Å². The highest BCUT2D eigenvalue weighted by atomic mass is 35.5. The summed E-state index contributed by atoms with van der Waals surface area (Å²) in [5.41, 5.74) is -0.378. The highest BCUT2D eigenvalue weighted by molar-refractivity contribution is 6.32. The summed E-state index contributed by atoms with van der Waals surface area (Å²) in [6.45, 7) is 3.88. The van der Waals surface area contributed by atoms with Gasteiger partial charge in [-0.05, 0) is 32.0 Å². The third-order valence-electron chi connectivity index (χ3n) is 3.64. The number of nitrogens with zero attached hydrogens (tertiary/aromatic N) is 4. The summed E-state index contributed by atoms with van der Waals surface area (Å²) >= 11 is 5.80. The van der Waals surface area contributed by atoms with E-state index in [1.165, 1.54) is 36.8 Å². The van der Waals surface area contributed by atoms with Crippen molar-refractivity contribution in [3.8, 4) is 6.01 Å². The number of nitrogens with two attached hydrogens (primary N) is 1. The van der Waals surface area contributed by atoms with Gasteiger partial charge in [-0.25, -0.2) is 18.7 Å². The molecular weight excluding hydrogens is 392 g/mol. The van der Waals surface area contributed by atoms with Gasteiger partial charge in [-0.3, -0.25) is 4.99 Å². The van der Waals surface area contributed by atoms with Crippen LogP contribution < -0.4 is 10.6 Å². The van der Waals surface area contributed by atoms with Crippen LogP contribution in [0.4, 0.5) is 14.5 Å². The zero-order valence-corrected chi connectivity index (χ0v) is 16.3. The normalized spacial score (nSPS) is 13.2. The van der Waals surface area contributed by atoms with Gasteiger partial charge in [-0.15, -0.1) is 0 Å². The molecule has 1 heterocycles. The van der Waals surface area contributed by atoms with Crippen molar-refractivity contribution in [1.82, 2.24) is 9.97 Å². The third-order valence-corrected chi connectivity index (χ3v) is 3.96. The van der Waals surface area contributed by atoms with Crippen molar-refractivity contribution < 1.29 is 18.6 Å². The van der Waals surface area contributed by atoms with E-state index < -0.39 is 11.5 Å². The van der Waals surface area contributed by atoms with E-state index in [0.29, 0.717) is 5.56 Å². The summed E-state index contributed by atoms with van der Waals surface area (Å²) in [5, 5.41) is 13.4. The number of ether oxygens (including phenoxy) is 1. The summed E-state index contributed by atoms with van der Waals surface area (Å²) in [4.78, 5) is 12.0. The first-order valence-electron chi connectivity index (χ1n) is 8.17. The summed E-state index contributed by atoms with van der Waals surface area (Å²) < 4.78 is 32.4. The van der Waals surface area contributed by atoms with Gasteiger partial charge in [0.05, 0.1) is 17.5 Å². The largest absolute Gasteiger partial charge is 0.457 e. The fraction of sp³-hybridized carbons (Fsp3) is 0.333. The molecule has 0 atom stereocenters. The minimum Gasteiger partial charge on any atom is -0.457 e. The van der Waals surface area contributed by atoms with Gasteiger partial charge in [0, 0.05) is 35.5 Å². The molecule has 0 aliphatic carbocycles. The van der Waals surface area contributed by atoms with E-state index in [9.17, 15) is 13.9 Å². The van der Waals surface area contributed by atoms with E-state index in [4.69, 9.17) is 22.2 Å². The number of aliphatic hydroxyl groups is 1. The van der Waals surface area contributed by atoms with Crippen LogP contribution in [0, 0.1) is 0 Å². The van der Waals surface area contributed by atoms with E-state index >= 15 is 0 Å². The van der Waals surface area contributed by atoms with Gasteiger partial charge in [-0.1, -0.05) is 11.6 Å².